The third-order valence-corrected chi connectivity index (χ3v) is 4.84. The van der Waals surface area contributed by atoms with Crippen LogP contribution >= 0.6 is 0 Å². The van der Waals surface area contributed by atoms with Gasteiger partial charge in [0.25, 0.3) is 0 Å². The maximum Gasteiger partial charge on any atom is 0.0697 e. The molecule has 2 heteroatoms. The van der Waals surface area contributed by atoms with Crippen LogP contribution in [0.15, 0.2) is 24.3 Å². The normalized spacial score (nSPS) is 18.2. The van der Waals surface area contributed by atoms with Gasteiger partial charge in [0.1, 0.15) is 0 Å². The Morgan fingerprint density at radius 2 is 1.86 bits per heavy atom. The Morgan fingerprint density at radius 3 is 2.33 bits per heavy atom. The molecular formula is C19H31NO. The summed E-state index contributed by atoms with van der Waals surface area (Å²) in [6.07, 6.45) is 8.38. The molecule has 1 aliphatic carbocycles. The van der Waals surface area contributed by atoms with Crippen LogP contribution in [0.25, 0.3) is 0 Å². The zero-order valence-corrected chi connectivity index (χ0v) is 14.0. The van der Waals surface area contributed by atoms with Gasteiger partial charge in [-0.3, -0.25) is 0 Å². The van der Waals surface area contributed by atoms with E-state index in [1.54, 1.807) is 0 Å². The van der Waals surface area contributed by atoms with E-state index >= 15 is 0 Å². The number of rotatable bonds is 9. The first-order valence-corrected chi connectivity index (χ1v) is 8.60. The number of ether oxygens (including phenoxy) is 1. The van der Waals surface area contributed by atoms with Gasteiger partial charge in [-0.25, -0.2) is 0 Å². The molecule has 1 aliphatic rings. The van der Waals surface area contributed by atoms with Crippen LogP contribution in [-0.4, -0.2) is 19.3 Å². The number of hydrogen-bond acceptors (Lipinski definition) is 2. The Bertz CT molecular complexity index is 403. The minimum Gasteiger partial charge on any atom is -0.378 e. The Balaban J connectivity index is 2.07. The van der Waals surface area contributed by atoms with Crippen molar-refractivity contribution in [2.24, 2.45) is 0 Å². The molecule has 118 valence electrons. The summed E-state index contributed by atoms with van der Waals surface area (Å²) in [5.74, 6) is 0. The van der Waals surface area contributed by atoms with Gasteiger partial charge >= 0.3 is 0 Å². The molecule has 0 spiro atoms. The van der Waals surface area contributed by atoms with Gasteiger partial charge in [-0.05, 0) is 56.2 Å². The fourth-order valence-corrected chi connectivity index (χ4v) is 3.27. The molecule has 0 amide bonds. The van der Waals surface area contributed by atoms with Crippen LogP contribution in [0.2, 0.25) is 0 Å². The van der Waals surface area contributed by atoms with Crippen LogP contribution < -0.4 is 5.32 Å². The van der Waals surface area contributed by atoms with E-state index in [-0.39, 0.29) is 5.60 Å². The second-order valence-electron chi connectivity index (χ2n) is 6.44. The highest BCUT2D eigenvalue weighted by molar-refractivity contribution is 5.26. The van der Waals surface area contributed by atoms with Gasteiger partial charge in [0.2, 0.25) is 0 Å². The second-order valence-corrected chi connectivity index (χ2v) is 6.44. The van der Waals surface area contributed by atoms with Crippen LogP contribution in [0, 0.1) is 0 Å². The van der Waals surface area contributed by atoms with E-state index in [1.807, 2.05) is 7.11 Å². The quantitative estimate of drug-likeness (QED) is 0.715. The van der Waals surface area contributed by atoms with E-state index in [9.17, 15) is 0 Å². The van der Waals surface area contributed by atoms with E-state index in [2.05, 4.69) is 43.4 Å². The molecule has 1 aromatic rings. The highest BCUT2D eigenvalue weighted by Crippen LogP contribution is 2.41. The SMILES string of the molecule is CCCNC(CC1(OC)CCC1)c1ccc(CCC)cc1. The van der Waals surface area contributed by atoms with Gasteiger partial charge in [0, 0.05) is 13.2 Å². The molecule has 1 N–H and O–H groups in total. The van der Waals surface area contributed by atoms with Crippen molar-refractivity contribution in [2.45, 2.75) is 70.4 Å². The lowest BCUT2D eigenvalue weighted by atomic mass is 9.74. The van der Waals surface area contributed by atoms with Crippen molar-refractivity contribution in [1.82, 2.24) is 5.32 Å². The average molecular weight is 289 g/mol. The maximum absolute atomic E-state index is 5.83. The maximum atomic E-state index is 5.83. The first kappa shape index (κ1) is 16.5. The van der Waals surface area contributed by atoms with Gasteiger partial charge in [-0.2, -0.15) is 0 Å². The summed E-state index contributed by atoms with van der Waals surface area (Å²) in [6.45, 7) is 5.53. The van der Waals surface area contributed by atoms with Crippen LogP contribution in [0.3, 0.4) is 0 Å². The Labute approximate surface area is 130 Å². The summed E-state index contributed by atoms with van der Waals surface area (Å²) in [5, 5.41) is 3.72. The number of methoxy groups -OCH3 is 1. The Kier molecular flexibility index (Phi) is 6.25. The molecule has 0 aliphatic heterocycles. The van der Waals surface area contributed by atoms with Crippen molar-refractivity contribution >= 4 is 0 Å². The highest BCUT2D eigenvalue weighted by atomic mass is 16.5. The third kappa shape index (κ3) is 4.31. The molecule has 21 heavy (non-hydrogen) atoms. The fourth-order valence-electron chi connectivity index (χ4n) is 3.27. The molecule has 2 rings (SSSR count). The monoisotopic (exact) mass is 289 g/mol. The Morgan fingerprint density at radius 1 is 1.14 bits per heavy atom. The topological polar surface area (TPSA) is 21.3 Å². The zero-order chi connectivity index (χ0) is 15.1. The van der Waals surface area contributed by atoms with E-state index in [1.165, 1.54) is 49.7 Å². The minimum atomic E-state index is 0.119. The van der Waals surface area contributed by atoms with Crippen molar-refractivity contribution < 1.29 is 4.74 Å². The fraction of sp³-hybridized carbons (Fsp3) is 0.684. The van der Waals surface area contributed by atoms with Gasteiger partial charge in [-0.1, -0.05) is 44.5 Å². The molecular weight excluding hydrogens is 258 g/mol. The standard InChI is InChI=1S/C19H31NO/c1-4-7-16-8-10-17(11-9-16)18(20-14-5-2)15-19(21-3)12-6-13-19/h8-11,18,20H,4-7,12-15H2,1-3H3. The average Bonchev–Trinajstić information content (AvgIpc) is 2.47. The number of hydrogen-bond donors (Lipinski definition) is 1. The molecule has 0 heterocycles. The lowest BCUT2D eigenvalue weighted by Gasteiger charge is -2.43. The predicted molar refractivity (Wildman–Crippen MR) is 89.7 cm³/mol. The molecule has 0 aromatic heterocycles. The number of nitrogens with one attached hydrogen (secondary N) is 1. The van der Waals surface area contributed by atoms with Crippen LogP contribution in [0.5, 0.6) is 0 Å². The van der Waals surface area contributed by atoms with Crippen LogP contribution in [-0.2, 0) is 11.2 Å². The van der Waals surface area contributed by atoms with Gasteiger partial charge in [0.15, 0.2) is 0 Å². The van der Waals surface area contributed by atoms with Crippen LogP contribution in [0.1, 0.15) is 69.5 Å². The molecule has 2 nitrogen and oxygen atoms in total. The van der Waals surface area contributed by atoms with E-state index in [4.69, 9.17) is 4.74 Å². The lowest BCUT2D eigenvalue weighted by molar-refractivity contribution is -0.0838. The predicted octanol–water partition coefficient (Wildman–Crippen LogP) is 4.64. The van der Waals surface area contributed by atoms with Gasteiger partial charge < -0.3 is 10.1 Å². The molecule has 0 radical (unpaired) electrons. The largest absolute Gasteiger partial charge is 0.378 e. The molecule has 1 atom stereocenters. The summed E-state index contributed by atoms with van der Waals surface area (Å²) in [6, 6.07) is 9.61. The molecule has 0 saturated heterocycles. The third-order valence-electron chi connectivity index (χ3n) is 4.84. The minimum absolute atomic E-state index is 0.119. The summed E-state index contributed by atoms with van der Waals surface area (Å²) in [4.78, 5) is 0. The zero-order valence-electron chi connectivity index (χ0n) is 14.0. The van der Waals surface area contributed by atoms with Crippen molar-refractivity contribution in [3.63, 3.8) is 0 Å². The highest BCUT2D eigenvalue weighted by Gasteiger charge is 2.39. The second kappa shape index (κ2) is 7.95. The van der Waals surface area contributed by atoms with E-state index < -0.39 is 0 Å². The molecule has 0 bridgehead atoms. The molecule has 1 unspecified atom stereocenters. The van der Waals surface area contributed by atoms with Gasteiger partial charge in [0.05, 0.1) is 5.60 Å². The summed E-state index contributed by atoms with van der Waals surface area (Å²) in [5.41, 5.74) is 2.97. The number of benzene rings is 1. The van der Waals surface area contributed by atoms with Crippen molar-refractivity contribution in [1.29, 1.82) is 0 Å². The van der Waals surface area contributed by atoms with Gasteiger partial charge in [-0.15, -0.1) is 0 Å². The summed E-state index contributed by atoms with van der Waals surface area (Å²) >= 11 is 0. The summed E-state index contributed by atoms with van der Waals surface area (Å²) in [7, 11) is 1.88. The van der Waals surface area contributed by atoms with Crippen molar-refractivity contribution in [2.75, 3.05) is 13.7 Å². The Hall–Kier alpha value is -0.860. The van der Waals surface area contributed by atoms with Crippen molar-refractivity contribution in [3.05, 3.63) is 35.4 Å². The molecule has 1 fully saturated rings. The number of aryl methyl sites for hydroxylation is 1. The lowest BCUT2D eigenvalue weighted by Crippen LogP contribution is -2.43. The molecule has 1 aromatic carbocycles. The van der Waals surface area contributed by atoms with Crippen LogP contribution in [0.4, 0.5) is 0 Å². The smallest absolute Gasteiger partial charge is 0.0697 e. The van der Waals surface area contributed by atoms with Crippen molar-refractivity contribution in [3.8, 4) is 0 Å². The first-order valence-electron chi connectivity index (χ1n) is 8.60. The molecule has 1 saturated carbocycles. The van der Waals surface area contributed by atoms with E-state index in [0.29, 0.717) is 6.04 Å². The van der Waals surface area contributed by atoms with E-state index in [0.717, 1.165) is 13.0 Å². The first-order chi connectivity index (χ1) is 10.2. The summed E-state index contributed by atoms with van der Waals surface area (Å²) < 4.78 is 5.83.